The molecule has 0 spiro atoms. The summed E-state index contributed by atoms with van der Waals surface area (Å²) in [5, 5.41) is 12.1. The molecule has 33 heavy (non-hydrogen) atoms. The number of aryl methyl sites for hydroxylation is 4. The molecule has 1 unspecified atom stereocenters. The number of nitrogens with one attached hydrogen (secondary N) is 1. The maximum absolute atomic E-state index is 13.5. The van der Waals surface area contributed by atoms with Crippen molar-refractivity contribution in [1.82, 2.24) is 14.5 Å². The molecule has 0 aliphatic carbocycles. The zero-order valence-corrected chi connectivity index (χ0v) is 20.9. The summed E-state index contributed by atoms with van der Waals surface area (Å²) in [6, 6.07) is 11.4. The maximum Gasteiger partial charge on any atom is 0.286 e. The van der Waals surface area contributed by atoms with Crippen molar-refractivity contribution in [3.8, 4) is 0 Å². The van der Waals surface area contributed by atoms with Crippen molar-refractivity contribution in [3.05, 3.63) is 68.7 Å². The number of nitrogens with zero attached hydrogens (tertiary/aromatic N) is 3. The number of amides is 1. The van der Waals surface area contributed by atoms with Crippen LogP contribution in [0.1, 0.15) is 55.8 Å². The van der Waals surface area contributed by atoms with E-state index in [-0.39, 0.29) is 16.8 Å². The van der Waals surface area contributed by atoms with Gasteiger partial charge in [-0.1, -0.05) is 46.7 Å². The Balaban J connectivity index is 1.51. The smallest absolute Gasteiger partial charge is 0.286 e. The van der Waals surface area contributed by atoms with Gasteiger partial charge in [0.25, 0.3) is 5.91 Å². The summed E-state index contributed by atoms with van der Waals surface area (Å²) in [4.78, 5) is 13.0. The zero-order chi connectivity index (χ0) is 23.8. The molecule has 1 fully saturated rings. The number of benzene rings is 2. The lowest BCUT2D eigenvalue weighted by Crippen LogP contribution is -2.39. The Hall–Kier alpha value is -2.62. The molecule has 1 aliphatic heterocycles. The summed E-state index contributed by atoms with van der Waals surface area (Å²) in [6.45, 7) is 8.46. The molecule has 1 saturated heterocycles. The van der Waals surface area contributed by atoms with E-state index in [0.717, 1.165) is 35.1 Å². The SMILES string of the molecule is Cc1ccc(NC(=O)c2nnc(C3CCCN(S(=O)(=O)c4c(C)cc(C)cc4C)C3)s2)cc1. The summed E-state index contributed by atoms with van der Waals surface area (Å²) < 4.78 is 28.5. The van der Waals surface area contributed by atoms with Crippen LogP contribution in [0.25, 0.3) is 0 Å². The largest absolute Gasteiger partial charge is 0.320 e. The summed E-state index contributed by atoms with van der Waals surface area (Å²) in [5.41, 5.74) is 4.38. The number of rotatable bonds is 5. The van der Waals surface area contributed by atoms with E-state index in [0.29, 0.717) is 28.7 Å². The van der Waals surface area contributed by atoms with Crippen molar-refractivity contribution < 1.29 is 13.2 Å². The monoisotopic (exact) mass is 484 g/mol. The molecule has 3 aromatic rings. The van der Waals surface area contributed by atoms with Gasteiger partial charge in [-0.25, -0.2) is 8.42 Å². The van der Waals surface area contributed by atoms with Crippen molar-refractivity contribution in [2.75, 3.05) is 18.4 Å². The lowest BCUT2D eigenvalue weighted by Gasteiger charge is -2.31. The third-order valence-electron chi connectivity index (χ3n) is 5.88. The van der Waals surface area contributed by atoms with E-state index in [4.69, 9.17) is 0 Å². The molecule has 2 aromatic carbocycles. The van der Waals surface area contributed by atoms with E-state index in [9.17, 15) is 13.2 Å². The first-order valence-corrected chi connectivity index (χ1v) is 13.2. The van der Waals surface area contributed by atoms with Crippen LogP contribution in [0.2, 0.25) is 0 Å². The molecule has 0 bridgehead atoms. The molecular formula is C24H28N4O3S2. The molecule has 174 valence electrons. The van der Waals surface area contributed by atoms with Crippen LogP contribution in [0.15, 0.2) is 41.3 Å². The van der Waals surface area contributed by atoms with Crippen LogP contribution in [0.4, 0.5) is 5.69 Å². The average molecular weight is 485 g/mol. The van der Waals surface area contributed by atoms with E-state index in [1.807, 2.05) is 64.1 Å². The predicted octanol–water partition coefficient (Wildman–Crippen LogP) is 4.59. The molecule has 7 nitrogen and oxygen atoms in total. The van der Waals surface area contributed by atoms with Gasteiger partial charge in [0.1, 0.15) is 5.01 Å². The summed E-state index contributed by atoms with van der Waals surface area (Å²) in [7, 11) is -3.62. The van der Waals surface area contributed by atoms with E-state index in [2.05, 4.69) is 15.5 Å². The second-order valence-corrected chi connectivity index (χ2v) is 11.6. The Morgan fingerprint density at radius 1 is 1.03 bits per heavy atom. The second kappa shape index (κ2) is 9.32. The highest BCUT2D eigenvalue weighted by atomic mass is 32.2. The number of piperidine rings is 1. The van der Waals surface area contributed by atoms with Gasteiger partial charge in [0.15, 0.2) is 0 Å². The van der Waals surface area contributed by atoms with Gasteiger partial charge >= 0.3 is 0 Å². The van der Waals surface area contributed by atoms with Crippen LogP contribution in [0.5, 0.6) is 0 Å². The molecule has 4 rings (SSSR count). The lowest BCUT2D eigenvalue weighted by molar-refractivity contribution is 0.102. The van der Waals surface area contributed by atoms with Crippen molar-refractivity contribution in [1.29, 1.82) is 0 Å². The summed E-state index contributed by atoms with van der Waals surface area (Å²) in [5.74, 6) is -0.396. The molecule has 1 aromatic heterocycles. The zero-order valence-electron chi connectivity index (χ0n) is 19.3. The number of carbonyl (C=O) groups excluding carboxylic acids is 1. The van der Waals surface area contributed by atoms with Gasteiger partial charge in [0, 0.05) is 24.7 Å². The topological polar surface area (TPSA) is 92.3 Å². The van der Waals surface area contributed by atoms with Crippen molar-refractivity contribution in [2.24, 2.45) is 0 Å². The molecule has 1 aliphatic rings. The number of hydrogen-bond acceptors (Lipinski definition) is 6. The van der Waals surface area contributed by atoms with Gasteiger partial charge in [0.2, 0.25) is 15.0 Å². The Bertz CT molecular complexity index is 1260. The van der Waals surface area contributed by atoms with E-state index < -0.39 is 10.0 Å². The minimum atomic E-state index is -3.62. The van der Waals surface area contributed by atoms with E-state index >= 15 is 0 Å². The number of anilines is 1. The van der Waals surface area contributed by atoms with Crippen LogP contribution in [0.3, 0.4) is 0 Å². The van der Waals surface area contributed by atoms with Gasteiger partial charge in [-0.2, -0.15) is 4.31 Å². The van der Waals surface area contributed by atoms with Gasteiger partial charge in [-0.3, -0.25) is 4.79 Å². The van der Waals surface area contributed by atoms with Crippen molar-refractivity contribution in [2.45, 2.75) is 51.3 Å². The van der Waals surface area contributed by atoms with Crippen LogP contribution >= 0.6 is 11.3 Å². The number of hydrogen-bond donors (Lipinski definition) is 1. The molecule has 1 N–H and O–H groups in total. The fraction of sp³-hybridized carbons (Fsp3) is 0.375. The average Bonchev–Trinajstić information content (AvgIpc) is 3.25. The number of aromatic nitrogens is 2. The van der Waals surface area contributed by atoms with E-state index in [1.165, 1.54) is 11.3 Å². The first-order valence-electron chi connectivity index (χ1n) is 10.9. The van der Waals surface area contributed by atoms with Crippen LogP contribution in [-0.2, 0) is 10.0 Å². The Kier molecular flexibility index (Phi) is 6.65. The Labute approximate surface area is 198 Å². The molecule has 1 atom stereocenters. The normalized spacial score (nSPS) is 17.2. The highest BCUT2D eigenvalue weighted by molar-refractivity contribution is 7.89. The summed E-state index contributed by atoms with van der Waals surface area (Å²) >= 11 is 1.23. The van der Waals surface area contributed by atoms with E-state index in [1.54, 1.807) is 4.31 Å². The molecule has 0 radical (unpaired) electrons. The van der Waals surface area contributed by atoms with Crippen molar-refractivity contribution in [3.63, 3.8) is 0 Å². The first kappa shape index (κ1) is 23.5. The summed E-state index contributed by atoms with van der Waals surface area (Å²) in [6.07, 6.45) is 1.55. The Morgan fingerprint density at radius 2 is 1.70 bits per heavy atom. The predicted molar refractivity (Wildman–Crippen MR) is 130 cm³/mol. The first-order chi connectivity index (χ1) is 15.6. The Morgan fingerprint density at radius 3 is 2.36 bits per heavy atom. The number of carbonyl (C=O) groups is 1. The van der Waals surface area contributed by atoms with Gasteiger partial charge in [-0.15, -0.1) is 10.2 Å². The maximum atomic E-state index is 13.5. The fourth-order valence-electron chi connectivity index (χ4n) is 4.38. The minimum Gasteiger partial charge on any atom is -0.320 e. The molecule has 0 saturated carbocycles. The van der Waals surface area contributed by atoms with Gasteiger partial charge in [-0.05, 0) is 63.8 Å². The molecule has 1 amide bonds. The van der Waals surface area contributed by atoms with Gasteiger partial charge in [0.05, 0.1) is 4.90 Å². The lowest BCUT2D eigenvalue weighted by atomic mass is 10.0. The quantitative estimate of drug-likeness (QED) is 0.572. The highest BCUT2D eigenvalue weighted by Crippen LogP contribution is 2.34. The van der Waals surface area contributed by atoms with Gasteiger partial charge < -0.3 is 5.32 Å². The minimum absolute atomic E-state index is 0.0852. The third kappa shape index (κ3) is 5.00. The van der Waals surface area contributed by atoms with Crippen LogP contribution in [0, 0.1) is 27.7 Å². The van der Waals surface area contributed by atoms with Crippen LogP contribution < -0.4 is 5.32 Å². The van der Waals surface area contributed by atoms with Crippen LogP contribution in [-0.4, -0.2) is 41.9 Å². The van der Waals surface area contributed by atoms with Crippen molar-refractivity contribution >= 4 is 33.0 Å². The third-order valence-corrected chi connectivity index (χ3v) is 9.14. The fourth-order valence-corrected chi connectivity index (χ4v) is 7.18. The highest BCUT2D eigenvalue weighted by Gasteiger charge is 2.34. The molecular weight excluding hydrogens is 456 g/mol. The second-order valence-electron chi connectivity index (χ2n) is 8.70. The molecule has 2 heterocycles. The standard InChI is InChI=1S/C24H28N4O3S2/c1-15-7-9-20(10-8-15)25-22(29)24-27-26-23(32-24)19-6-5-11-28(14-19)33(30,31)21-17(3)12-16(2)13-18(21)4/h7-10,12-13,19H,5-6,11,14H2,1-4H3,(H,25,29). The number of sulfonamides is 1. The molecule has 9 heteroatoms.